The predicted octanol–water partition coefficient (Wildman–Crippen LogP) is 0.190. The maximum Gasteiger partial charge on any atom is 0.235 e. The largest absolute Gasteiger partial charge is 0.368 e. The van der Waals surface area contributed by atoms with E-state index in [1.165, 1.54) is 0 Å². The van der Waals surface area contributed by atoms with Gasteiger partial charge in [-0.1, -0.05) is 0 Å². The fraction of sp³-hybridized carbons (Fsp3) is 0.833. The molecule has 64 valence electrons. The number of amides is 1. The summed E-state index contributed by atoms with van der Waals surface area (Å²) in [5, 5.41) is -0.651. The maximum atomic E-state index is 10.5. The van der Waals surface area contributed by atoms with Gasteiger partial charge in [0.05, 0.1) is 12.7 Å². The first-order chi connectivity index (χ1) is 5.20. The van der Waals surface area contributed by atoms with Crippen molar-refractivity contribution in [3.63, 3.8) is 0 Å². The van der Waals surface area contributed by atoms with E-state index in [2.05, 4.69) is 4.89 Å². The van der Waals surface area contributed by atoms with Crippen LogP contribution in [0.4, 0.5) is 0 Å². The highest BCUT2D eigenvalue weighted by Crippen LogP contribution is 2.16. The summed E-state index contributed by atoms with van der Waals surface area (Å²) in [4.78, 5) is 19.9. The molecular weight excluding hydrogens is 170 g/mol. The Hall–Kier alpha value is -0.320. The summed E-state index contributed by atoms with van der Waals surface area (Å²) in [7, 11) is 0. The van der Waals surface area contributed by atoms with Crippen LogP contribution in [0.5, 0.6) is 0 Å². The Kier molecular flexibility index (Phi) is 3.11. The van der Waals surface area contributed by atoms with E-state index in [-0.39, 0.29) is 6.10 Å². The van der Waals surface area contributed by atoms with E-state index in [9.17, 15) is 4.79 Å². The van der Waals surface area contributed by atoms with Crippen molar-refractivity contribution in [3.8, 4) is 0 Å². The molecule has 5 heteroatoms. The molecule has 0 spiro atoms. The standard InChI is InChI=1S/C6H10ClNO3/c7-5(6(8)9)3-4-1-2-10-11-4/h4-5H,1-3H2,(H2,8,9). The minimum absolute atomic E-state index is 0.0787. The topological polar surface area (TPSA) is 61.6 Å². The molecule has 0 bridgehead atoms. The first-order valence-electron chi connectivity index (χ1n) is 3.42. The Bertz CT molecular complexity index is 147. The Morgan fingerprint density at radius 2 is 2.55 bits per heavy atom. The molecule has 0 aromatic carbocycles. The van der Waals surface area contributed by atoms with Gasteiger partial charge in [-0.05, 0) is 0 Å². The lowest BCUT2D eigenvalue weighted by Crippen LogP contribution is -2.27. The van der Waals surface area contributed by atoms with E-state index >= 15 is 0 Å². The highest BCUT2D eigenvalue weighted by atomic mass is 35.5. The molecule has 0 radical (unpaired) electrons. The van der Waals surface area contributed by atoms with Crippen LogP contribution in [-0.2, 0) is 14.6 Å². The van der Waals surface area contributed by atoms with Gasteiger partial charge in [-0.15, -0.1) is 11.6 Å². The minimum atomic E-state index is -0.651. The Morgan fingerprint density at radius 1 is 1.82 bits per heavy atom. The third-order valence-corrected chi connectivity index (χ3v) is 1.90. The van der Waals surface area contributed by atoms with Gasteiger partial charge < -0.3 is 5.73 Å². The molecule has 2 unspecified atom stereocenters. The van der Waals surface area contributed by atoms with Gasteiger partial charge in [-0.3, -0.25) is 4.79 Å². The highest BCUT2D eigenvalue weighted by molar-refractivity contribution is 6.30. The first-order valence-corrected chi connectivity index (χ1v) is 3.85. The van der Waals surface area contributed by atoms with Crippen LogP contribution in [0, 0.1) is 0 Å². The van der Waals surface area contributed by atoms with Crippen molar-refractivity contribution in [2.24, 2.45) is 5.73 Å². The summed E-state index contributed by atoms with van der Waals surface area (Å²) in [5.41, 5.74) is 4.95. The quantitative estimate of drug-likeness (QED) is 0.497. The number of carbonyl (C=O) groups is 1. The SMILES string of the molecule is NC(=O)C(Cl)CC1CCOO1. The molecule has 1 amide bonds. The molecule has 0 saturated carbocycles. The molecule has 1 aliphatic rings. The average Bonchev–Trinajstić information content (AvgIpc) is 2.39. The zero-order valence-corrected chi connectivity index (χ0v) is 6.71. The van der Waals surface area contributed by atoms with Crippen molar-refractivity contribution in [1.29, 1.82) is 0 Å². The van der Waals surface area contributed by atoms with Gasteiger partial charge in [0.1, 0.15) is 5.38 Å². The number of rotatable bonds is 3. The summed E-state index contributed by atoms with van der Waals surface area (Å²) < 4.78 is 0. The van der Waals surface area contributed by atoms with Crippen LogP contribution in [0.3, 0.4) is 0 Å². The van der Waals surface area contributed by atoms with Crippen molar-refractivity contribution >= 4 is 17.5 Å². The monoisotopic (exact) mass is 179 g/mol. The molecule has 1 saturated heterocycles. The maximum absolute atomic E-state index is 10.5. The molecule has 1 fully saturated rings. The van der Waals surface area contributed by atoms with E-state index in [4.69, 9.17) is 22.2 Å². The number of nitrogens with two attached hydrogens (primary N) is 1. The number of halogens is 1. The molecule has 0 aliphatic carbocycles. The second-order valence-electron chi connectivity index (χ2n) is 2.43. The van der Waals surface area contributed by atoms with Crippen LogP contribution >= 0.6 is 11.6 Å². The first kappa shape index (κ1) is 8.77. The van der Waals surface area contributed by atoms with Crippen LogP contribution in [-0.4, -0.2) is 24.0 Å². The van der Waals surface area contributed by atoms with E-state index in [0.29, 0.717) is 13.0 Å². The Labute approximate surface area is 69.5 Å². The second kappa shape index (κ2) is 3.90. The van der Waals surface area contributed by atoms with Gasteiger partial charge in [0.15, 0.2) is 0 Å². The summed E-state index contributed by atoms with van der Waals surface area (Å²) >= 11 is 5.59. The van der Waals surface area contributed by atoms with Crippen molar-refractivity contribution in [1.82, 2.24) is 0 Å². The van der Waals surface area contributed by atoms with Crippen molar-refractivity contribution < 1.29 is 14.6 Å². The third kappa shape index (κ3) is 2.65. The lowest BCUT2D eigenvalue weighted by Gasteiger charge is -2.08. The fourth-order valence-electron chi connectivity index (χ4n) is 0.876. The molecule has 0 aromatic heterocycles. The van der Waals surface area contributed by atoms with Crippen molar-refractivity contribution in [3.05, 3.63) is 0 Å². The minimum Gasteiger partial charge on any atom is -0.368 e. The summed E-state index contributed by atoms with van der Waals surface area (Å²) in [6.07, 6.45) is 1.12. The van der Waals surface area contributed by atoms with Crippen LogP contribution in [0.15, 0.2) is 0 Å². The molecule has 1 rings (SSSR count). The van der Waals surface area contributed by atoms with E-state index in [0.717, 1.165) is 6.42 Å². The number of primary amides is 1. The number of carbonyl (C=O) groups excluding carboxylic acids is 1. The molecule has 11 heavy (non-hydrogen) atoms. The lowest BCUT2D eigenvalue weighted by molar-refractivity contribution is -0.274. The van der Waals surface area contributed by atoms with Crippen LogP contribution in [0.2, 0.25) is 0 Å². The van der Waals surface area contributed by atoms with Gasteiger partial charge in [-0.25, -0.2) is 9.78 Å². The molecule has 2 atom stereocenters. The highest BCUT2D eigenvalue weighted by Gasteiger charge is 2.23. The Balaban J connectivity index is 2.23. The average molecular weight is 180 g/mol. The number of hydrogen-bond acceptors (Lipinski definition) is 3. The van der Waals surface area contributed by atoms with Gasteiger partial charge in [-0.2, -0.15) is 0 Å². The van der Waals surface area contributed by atoms with Crippen LogP contribution < -0.4 is 5.73 Å². The molecule has 1 aliphatic heterocycles. The molecule has 2 N–H and O–H groups in total. The molecule has 0 aromatic rings. The number of hydrogen-bond donors (Lipinski definition) is 1. The zero-order valence-electron chi connectivity index (χ0n) is 5.96. The van der Waals surface area contributed by atoms with E-state index < -0.39 is 11.3 Å². The second-order valence-corrected chi connectivity index (χ2v) is 2.96. The Morgan fingerprint density at radius 3 is 3.00 bits per heavy atom. The van der Waals surface area contributed by atoms with Crippen LogP contribution in [0.25, 0.3) is 0 Å². The summed E-state index contributed by atoms with van der Waals surface area (Å²) in [5.74, 6) is -0.512. The molecular formula is C6H10ClNO3. The van der Waals surface area contributed by atoms with Gasteiger partial charge in [0, 0.05) is 12.8 Å². The lowest BCUT2D eigenvalue weighted by atomic mass is 10.1. The molecule has 4 nitrogen and oxygen atoms in total. The van der Waals surface area contributed by atoms with Gasteiger partial charge in [0.25, 0.3) is 0 Å². The number of alkyl halides is 1. The fourth-order valence-corrected chi connectivity index (χ4v) is 1.07. The van der Waals surface area contributed by atoms with E-state index in [1.54, 1.807) is 0 Å². The van der Waals surface area contributed by atoms with Crippen LogP contribution in [0.1, 0.15) is 12.8 Å². The predicted molar refractivity (Wildman–Crippen MR) is 38.9 cm³/mol. The van der Waals surface area contributed by atoms with Crippen molar-refractivity contribution in [2.45, 2.75) is 24.3 Å². The summed E-state index contributed by atoms with van der Waals surface area (Å²) in [6, 6.07) is 0. The summed E-state index contributed by atoms with van der Waals surface area (Å²) in [6.45, 7) is 0.563. The zero-order chi connectivity index (χ0) is 8.27. The van der Waals surface area contributed by atoms with Gasteiger partial charge >= 0.3 is 0 Å². The van der Waals surface area contributed by atoms with E-state index in [1.807, 2.05) is 0 Å². The normalized spacial score (nSPS) is 26.8. The smallest absolute Gasteiger partial charge is 0.235 e. The van der Waals surface area contributed by atoms with Crippen molar-refractivity contribution in [2.75, 3.05) is 6.61 Å². The molecule has 1 heterocycles. The third-order valence-electron chi connectivity index (χ3n) is 1.51. The van der Waals surface area contributed by atoms with Gasteiger partial charge in [0.2, 0.25) is 5.91 Å².